The molecule has 0 amide bonds. The van der Waals surface area contributed by atoms with E-state index < -0.39 is 30.1 Å². The van der Waals surface area contributed by atoms with E-state index >= 15 is 0 Å². The number of ether oxygens (including phenoxy) is 1. The predicted octanol–water partition coefficient (Wildman–Crippen LogP) is -1.65. The second-order valence-corrected chi connectivity index (χ2v) is 4.85. The van der Waals surface area contributed by atoms with Gasteiger partial charge in [-0.15, -0.1) is 6.42 Å². The van der Waals surface area contributed by atoms with Crippen molar-refractivity contribution < 1.29 is 14.9 Å². The zero-order valence-electron chi connectivity index (χ0n) is 10.9. The lowest BCUT2D eigenvalue weighted by Gasteiger charge is -2.21. The van der Waals surface area contributed by atoms with Crippen molar-refractivity contribution in [3.63, 3.8) is 0 Å². The average molecular weight is 291 g/mol. The van der Waals surface area contributed by atoms with E-state index in [9.17, 15) is 15.0 Å². The Morgan fingerprint density at radius 1 is 1.71 bits per heavy atom. The minimum Gasteiger partial charge on any atom is -0.392 e. The van der Waals surface area contributed by atoms with Gasteiger partial charge in [-0.2, -0.15) is 4.98 Å². The Balaban J connectivity index is 2.10. The molecule has 9 nitrogen and oxygen atoms in total. The molecule has 0 aromatic carbocycles. The largest absolute Gasteiger partial charge is 0.392 e. The van der Waals surface area contributed by atoms with Crippen LogP contribution in [0.15, 0.2) is 11.1 Å². The number of anilines is 1. The van der Waals surface area contributed by atoms with E-state index in [4.69, 9.17) is 16.9 Å². The summed E-state index contributed by atoms with van der Waals surface area (Å²) in [4.78, 5) is 22.0. The average Bonchev–Trinajstić information content (AvgIpc) is 3.00. The summed E-state index contributed by atoms with van der Waals surface area (Å²) in [5, 5.41) is 19.5. The van der Waals surface area contributed by atoms with Gasteiger partial charge >= 0.3 is 0 Å². The zero-order chi connectivity index (χ0) is 15.2. The van der Waals surface area contributed by atoms with Crippen molar-refractivity contribution >= 4 is 17.1 Å². The first-order valence-electron chi connectivity index (χ1n) is 6.16. The molecular weight excluding hydrogens is 278 g/mol. The molecule has 3 unspecified atom stereocenters. The van der Waals surface area contributed by atoms with Crippen LogP contribution in [-0.2, 0) is 4.74 Å². The maximum atomic E-state index is 11.7. The lowest BCUT2D eigenvalue weighted by molar-refractivity contribution is -0.0789. The fourth-order valence-corrected chi connectivity index (χ4v) is 2.41. The highest BCUT2D eigenvalue weighted by Gasteiger charge is 2.46. The lowest BCUT2D eigenvalue weighted by Crippen LogP contribution is -2.31. The highest BCUT2D eigenvalue weighted by Crippen LogP contribution is 2.37. The molecule has 1 fully saturated rings. The Hall–Kier alpha value is -2.41. The predicted molar refractivity (Wildman–Crippen MR) is 72.0 cm³/mol. The molecule has 2 aromatic rings. The molecule has 3 heterocycles. The molecule has 9 heteroatoms. The fourth-order valence-electron chi connectivity index (χ4n) is 2.41. The number of nitrogens with two attached hydrogens (primary N) is 1. The SMILES string of the molecule is C#CC1(CO)CC(O)C(n2cnc3c(=O)[nH]c(N)nc32)O1. The zero-order valence-corrected chi connectivity index (χ0v) is 10.9. The summed E-state index contributed by atoms with van der Waals surface area (Å²) in [5.41, 5.74) is 3.99. The fraction of sp³-hybridized carbons (Fsp3) is 0.417. The molecule has 0 radical (unpaired) electrons. The monoisotopic (exact) mass is 291 g/mol. The number of fused-ring (bicyclic) bond motifs is 1. The van der Waals surface area contributed by atoms with Crippen LogP contribution in [0.4, 0.5) is 5.95 Å². The second kappa shape index (κ2) is 4.56. The van der Waals surface area contributed by atoms with Gasteiger partial charge in [-0.25, -0.2) is 4.98 Å². The molecule has 2 aromatic heterocycles. The number of nitrogens with one attached hydrogen (secondary N) is 1. The lowest BCUT2D eigenvalue weighted by atomic mass is 10.0. The molecule has 3 atom stereocenters. The number of aliphatic hydroxyl groups is 2. The van der Waals surface area contributed by atoms with Gasteiger partial charge in [-0.1, -0.05) is 5.92 Å². The minimum atomic E-state index is -1.27. The summed E-state index contributed by atoms with van der Waals surface area (Å²) in [5.74, 6) is 2.26. The van der Waals surface area contributed by atoms with Crippen LogP contribution in [0, 0.1) is 12.3 Å². The number of H-pyrrole nitrogens is 1. The van der Waals surface area contributed by atoms with Crippen molar-refractivity contribution in [2.75, 3.05) is 12.3 Å². The molecular formula is C12H13N5O4. The first kappa shape index (κ1) is 13.6. The summed E-state index contributed by atoms with van der Waals surface area (Å²) < 4.78 is 6.96. The van der Waals surface area contributed by atoms with Gasteiger partial charge < -0.3 is 20.7 Å². The van der Waals surface area contributed by atoms with Crippen molar-refractivity contribution in [1.29, 1.82) is 0 Å². The van der Waals surface area contributed by atoms with Crippen molar-refractivity contribution in [3.05, 3.63) is 16.7 Å². The Morgan fingerprint density at radius 2 is 2.48 bits per heavy atom. The third-order valence-electron chi connectivity index (χ3n) is 3.46. The summed E-state index contributed by atoms with van der Waals surface area (Å²) in [6.07, 6.45) is 4.84. The van der Waals surface area contributed by atoms with E-state index in [1.807, 2.05) is 0 Å². The molecule has 0 spiro atoms. The summed E-state index contributed by atoms with van der Waals surface area (Å²) in [6, 6.07) is 0. The first-order valence-corrected chi connectivity index (χ1v) is 6.16. The molecule has 0 bridgehead atoms. The van der Waals surface area contributed by atoms with Crippen LogP contribution in [0.1, 0.15) is 12.6 Å². The highest BCUT2D eigenvalue weighted by molar-refractivity contribution is 5.70. The van der Waals surface area contributed by atoms with Gasteiger partial charge in [0.1, 0.15) is 6.10 Å². The van der Waals surface area contributed by atoms with Crippen LogP contribution in [-0.4, -0.2) is 48.0 Å². The molecule has 1 aliphatic heterocycles. The van der Waals surface area contributed by atoms with Crippen LogP contribution in [0.25, 0.3) is 11.2 Å². The molecule has 1 saturated heterocycles. The van der Waals surface area contributed by atoms with E-state index in [2.05, 4.69) is 20.9 Å². The quantitative estimate of drug-likeness (QED) is 0.486. The standard InChI is InChI=1S/C12H13N5O4/c1-2-12(4-18)3-6(19)10(21-12)17-5-14-7-8(17)15-11(13)16-9(7)20/h1,5-6,10,18-19H,3-4H2,(H3,13,15,16,20). The second-order valence-electron chi connectivity index (χ2n) is 4.85. The summed E-state index contributed by atoms with van der Waals surface area (Å²) >= 11 is 0. The molecule has 21 heavy (non-hydrogen) atoms. The van der Waals surface area contributed by atoms with Gasteiger partial charge in [0, 0.05) is 6.42 Å². The van der Waals surface area contributed by atoms with E-state index in [1.54, 1.807) is 0 Å². The van der Waals surface area contributed by atoms with Gasteiger partial charge in [0.05, 0.1) is 12.9 Å². The van der Waals surface area contributed by atoms with Gasteiger partial charge in [0.15, 0.2) is 23.0 Å². The number of terminal acetylenes is 1. The number of aromatic amines is 1. The van der Waals surface area contributed by atoms with Gasteiger partial charge in [0.25, 0.3) is 5.56 Å². The van der Waals surface area contributed by atoms with Crippen molar-refractivity contribution in [2.24, 2.45) is 0 Å². The Kier molecular flexibility index (Phi) is 2.94. The molecule has 0 saturated carbocycles. The van der Waals surface area contributed by atoms with Gasteiger partial charge in [0.2, 0.25) is 5.95 Å². The van der Waals surface area contributed by atoms with Gasteiger partial charge in [-0.3, -0.25) is 14.3 Å². The Bertz CT molecular complexity index is 791. The summed E-state index contributed by atoms with van der Waals surface area (Å²) in [7, 11) is 0. The van der Waals surface area contributed by atoms with Crippen LogP contribution >= 0.6 is 0 Å². The third-order valence-corrected chi connectivity index (χ3v) is 3.46. The molecule has 3 rings (SSSR count). The summed E-state index contributed by atoms with van der Waals surface area (Å²) in [6.45, 7) is -0.431. The van der Waals surface area contributed by atoms with E-state index in [0.717, 1.165) is 0 Å². The number of nitrogens with zero attached hydrogens (tertiary/aromatic N) is 3. The van der Waals surface area contributed by atoms with Crippen molar-refractivity contribution in [1.82, 2.24) is 19.5 Å². The number of hydrogen-bond acceptors (Lipinski definition) is 7. The maximum absolute atomic E-state index is 11.7. The van der Waals surface area contributed by atoms with Crippen LogP contribution in [0.2, 0.25) is 0 Å². The number of imidazole rings is 1. The number of aliphatic hydroxyl groups excluding tert-OH is 2. The highest BCUT2D eigenvalue weighted by atomic mass is 16.6. The van der Waals surface area contributed by atoms with Gasteiger partial charge in [-0.05, 0) is 0 Å². The molecule has 0 aliphatic carbocycles. The molecule has 1 aliphatic rings. The molecule has 5 N–H and O–H groups in total. The topological polar surface area (TPSA) is 139 Å². The number of hydrogen-bond donors (Lipinski definition) is 4. The van der Waals surface area contributed by atoms with E-state index in [-0.39, 0.29) is 23.5 Å². The van der Waals surface area contributed by atoms with Crippen LogP contribution < -0.4 is 11.3 Å². The first-order chi connectivity index (χ1) is 9.99. The number of nitrogen functional groups attached to an aromatic ring is 1. The van der Waals surface area contributed by atoms with Crippen molar-refractivity contribution in [2.45, 2.75) is 24.4 Å². The van der Waals surface area contributed by atoms with E-state index in [0.29, 0.717) is 0 Å². The van der Waals surface area contributed by atoms with Crippen LogP contribution in [0.3, 0.4) is 0 Å². The Morgan fingerprint density at radius 3 is 3.10 bits per heavy atom. The number of aromatic nitrogens is 4. The Labute approximate surface area is 118 Å². The number of rotatable bonds is 2. The van der Waals surface area contributed by atoms with Crippen LogP contribution in [0.5, 0.6) is 0 Å². The maximum Gasteiger partial charge on any atom is 0.280 e. The van der Waals surface area contributed by atoms with Crippen molar-refractivity contribution in [3.8, 4) is 12.3 Å². The van der Waals surface area contributed by atoms with E-state index in [1.165, 1.54) is 10.9 Å². The minimum absolute atomic E-state index is 0.0585. The third kappa shape index (κ3) is 1.97. The smallest absolute Gasteiger partial charge is 0.280 e. The molecule has 110 valence electrons. The normalized spacial score (nSPS) is 28.8.